The van der Waals surface area contributed by atoms with E-state index in [1.165, 1.54) is 19.1 Å². The Labute approximate surface area is 263 Å². The number of fused-ring (bicyclic) bond motifs is 4. The van der Waals surface area contributed by atoms with Gasteiger partial charge in [-0.3, -0.25) is 4.79 Å². The molecule has 0 bridgehead atoms. The molecule has 9 heteroatoms. The highest BCUT2D eigenvalue weighted by Crippen LogP contribution is 2.70. The van der Waals surface area contributed by atoms with Crippen LogP contribution < -0.4 is 0 Å². The van der Waals surface area contributed by atoms with Crippen molar-refractivity contribution < 1.29 is 41.8 Å². The van der Waals surface area contributed by atoms with E-state index in [0.29, 0.717) is 36.8 Å². The lowest BCUT2D eigenvalue weighted by Gasteiger charge is -2.56. The molecule has 3 unspecified atom stereocenters. The molecule has 46 heavy (non-hydrogen) atoms. The smallest absolute Gasteiger partial charge is 0.456 e. The van der Waals surface area contributed by atoms with E-state index in [1.807, 2.05) is 12.1 Å². The number of carboxylic acid groups (broad SMARTS) is 1. The van der Waals surface area contributed by atoms with Crippen molar-refractivity contribution in [2.75, 3.05) is 0 Å². The van der Waals surface area contributed by atoms with Crippen LogP contribution in [-0.2, 0) is 4.79 Å². The summed E-state index contributed by atoms with van der Waals surface area (Å²) in [7, 11) is 0. The van der Waals surface area contributed by atoms with Crippen LogP contribution in [0.5, 0.6) is 0 Å². The molecule has 2 fully saturated rings. The lowest BCUT2D eigenvalue weighted by Crippen LogP contribution is -2.65. The van der Waals surface area contributed by atoms with Gasteiger partial charge in [0.15, 0.2) is 5.78 Å². The average molecular weight is 637 g/mol. The number of ketones is 1. The summed E-state index contributed by atoms with van der Waals surface area (Å²) in [5.41, 5.74) is 0.205. The first-order valence-corrected chi connectivity index (χ1v) is 15.4. The van der Waals surface area contributed by atoms with E-state index < -0.39 is 47.3 Å². The van der Waals surface area contributed by atoms with Crippen molar-refractivity contribution in [2.45, 2.75) is 75.5 Å². The number of carbonyl (C=O) groups excluding carboxylic acids is 1. The molecule has 4 nitrogen and oxygen atoms in total. The second-order valence-electron chi connectivity index (χ2n) is 13.1. The molecule has 240 valence electrons. The van der Waals surface area contributed by atoms with Crippen LogP contribution in [0.1, 0.15) is 84.8 Å². The summed E-state index contributed by atoms with van der Waals surface area (Å²) in [5, 5.41) is 20.6. The number of alkyl halides is 5. The second kappa shape index (κ2) is 11.3. The lowest BCUT2D eigenvalue weighted by atomic mass is 9.50. The molecule has 0 spiro atoms. The van der Waals surface area contributed by atoms with Crippen molar-refractivity contribution in [3.63, 3.8) is 0 Å². The number of halogens is 5. The topological polar surface area (TPSA) is 74.6 Å². The number of aliphatic hydroxyl groups is 1. The van der Waals surface area contributed by atoms with Crippen LogP contribution in [0.3, 0.4) is 0 Å². The number of aromatic carboxylic acids is 1. The van der Waals surface area contributed by atoms with Gasteiger partial charge in [-0.25, -0.2) is 4.79 Å². The predicted molar refractivity (Wildman–Crippen MR) is 162 cm³/mol. The third kappa shape index (κ3) is 5.11. The van der Waals surface area contributed by atoms with Crippen molar-refractivity contribution in [1.82, 2.24) is 0 Å². The van der Waals surface area contributed by atoms with Crippen LogP contribution in [0.4, 0.5) is 22.0 Å². The quantitative estimate of drug-likeness (QED) is 0.262. The van der Waals surface area contributed by atoms with Crippen molar-refractivity contribution in [3.8, 4) is 11.8 Å². The molecule has 2 aromatic rings. The molecule has 0 aliphatic heterocycles. The Balaban J connectivity index is 1.36. The number of carbonyl (C=O) groups is 2. The van der Waals surface area contributed by atoms with Crippen LogP contribution in [0.2, 0.25) is 0 Å². The highest BCUT2D eigenvalue weighted by molar-refractivity contribution is 5.93. The number of benzene rings is 2. The molecule has 0 saturated heterocycles. The number of rotatable bonds is 4. The predicted octanol–water partition coefficient (Wildman–Crippen LogP) is 8.28. The summed E-state index contributed by atoms with van der Waals surface area (Å²) in [6, 6.07) is 13.6. The first kappa shape index (κ1) is 31.9. The number of hydrogen-bond acceptors (Lipinski definition) is 3. The van der Waals surface area contributed by atoms with Crippen molar-refractivity contribution in [1.29, 1.82) is 0 Å². The molecular formula is C37H33F5O4. The zero-order valence-electron chi connectivity index (χ0n) is 25.1. The zero-order chi connectivity index (χ0) is 33.1. The van der Waals surface area contributed by atoms with Gasteiger partial charge in [0.05, 0.1) is 5.56 Å². The fraction of sp³-hybridized carbons (Fsp3) is 0.405. The van der Waals surface area contributed by atoms with Gasteiger partial charge >= 0.3 is 18.1 Å². The molecule has 2 saturated carbocycles. The molecule has 0 aromatic heterocycles. The van der Waals surface area contributed by atoms with Crippen molar-refractivity contribution >= 4 is 17.8 Å². The maximum absolute atomic E-state index is 15.2. The maximum atomic E-state index is 15.2. The van der Waals surface area contributed by atoms with E-state index in [0.717, 1.165) is 22.3 Å². The Kier molecular flexibility index (Phi) is 7.87. The summed E-state index contributed by atoms with van der Waals surface area (Å²) in [6.07, 6.45) is 0.267. The highest BCUT2D eigenvalue weighted by atomic mass is 19.4. The molecule has 2 N–H and O–H groups in total. The SMILES string of the molecule is C[C@]12C[C@H](c3ccc(C#C/C=C\c4cccc(C(=O)O)c4)cc3)C3=C4CCC(=O)C=C4CCC3C1CCC2(O)C(F)(F)C(F)(F)F. The number of allylic oxidation sites excluding steroid dienone is 5. The molecule has 6 rings (SSSR count). The first-order valence-electron chi connectivity index (χ1n) is 15.4. The van der Waals surface area contributed by atoms with Gasteiger partial charge in [0.2, 0.25) is 0 Å². The minimum Gasteiger partial charge on any atom is -0.478 e. The zero-order valence-corrected chi connectivity index (χ0v) is 25.1. The minimum atomic E-state index is -5.89. The second-order valence-corrected chi connectivity index (χ2v) is 13.1. The van der Waals surface area contributed by atoms with E-state index in [-0.39, 0.29) is 30.1 Å². The standard InChI is InChI=1S/C37H33F5O4/c1-34-21-30(24-11-9-22(10-12-24)5-2-3-6-23-7-4-8-26(19-23)33(44)45)32-28-16-14-27(43)20-25(28)13-15-29(32)31(34)17-18-35(34,46)36(38,39)37(40,41)42/h3-4,6-12,19-20,29-31,46H,13-18,21H2,1H3,(H,44,45)/b6-3-/t29?,30-,31?,34+,35?/m1/s1. The third-order valence-corrected chi connectivity index (χ3v) is 10.8. The van der Waals surface area contributed by atoms with Crippen molar-refractivity contribution in [2.24, 2.45) is 17.3 Å². The largest absolute Gasteiger partial charge is 0.478 e. The first-order chi connectivity index (χ1) is 21.7. The molecule has 0 amide bonds. The molecule has 0 radical (unpaired) electrons. The molecule has 5 atom stereocenters. The normalized spacial score (nSPS) is 29.4. The Hall–Kier alpha value is -4.03. The maximum Gasteiger partial charge on any atom is 0.456 e. The summed E-state index contributed by atoms with van der Waals surface area (Å²) in [4.78, 5) is 23.5. The number of hydrogen-bond donors (Lipinski definition) is 2. The summed E-state index contributed by atoms with van der Waals surface area (Å²) < 4.78 is 71.7. The van der Waals surface area contributed by atoms with Gasteiger partial charge in [0.1, 0.15) is 5.60 Å². The van der Waals surface area contributed by atoms with Crippen LogP contribution in [0.15, 0.2) is 77.4 Å². The Morgan fingerprint density at radius 1 is 1.02 bits per heavy atom. The van der Waals surface area contributed by atoms with E-state index in [4.69, 9.17) is 5.11 Å². The molecular weight excluding hydrogens is 603 g/mol. The Morgan fingerprint density at radius 3 is 2.46 bits per heavy atom. The van der Waals surface area contributed by atoms with Crippen LogP contribution >= 0.6 is 0 Å². The van der Waals surface area contributed by atoms with Gasteiger partial charge in [-0.2, -0.15) is 22.0 Å². The third-order valence-electron chi connectivity index (χ3n) is 10.8. The fourth-order valence-corrected chi connectivity index (χ4v) is 8.55. The van der Waals surface area contributed by atoms with E-state index in [9.17, 15) is 27.9 Å². The molecule has 0 heterocycles. The molecule has 4 aliphatic rings. The lowest BCUT2D eigenvalue weighted by molar-refractivity contribution is -0.362. The van der Waals surface area contributed by atoms with Crippen LogP contribution in [0, 0.1) is 29.1 Å². The van der Waals surface area contributed by atoms with Gasteiger partial charge in [0, 0.05) is 23.3 Å². The summed E-state index contributed by atoms with van der Waals surface area (Å²) in [6.45, 7) is 1.41. The van der Waals surface area contributed by atoms with Crippen molar-refractivity contribution in [3.05, 3.63) is 99.7 Å². The van der Waals surface area contributed by atoms with Crippen LogP contribution in [-0.4, -0.2) is 39.7 Å². The van der Waals surface area contributed by atoms with Gasteiger partial charge < -0.3 is 10.2 Å². The van der Waals surface area contributed by atoms with Gasteiger partial charge in [-0.1, -0.05) is 48.6 Å². The van der Waals surface area contributed by atoms with E-state index in [1.54, 1.807) is 42.5 Å². The van der Waals surface area contributed by atoms with Gasteiger partial charge in [0.25, 0.3) is 0 Å². The summed E-state index contributed by atoms with van der Waals surface area (Å²) >= 11 is 0. The minimum absolute atomic E-state index is 0.0293. The average Bonchev–Trinajstić information content (AvgIpc) is 3.30. The fourth-order valence-electron chi connectivity index (χ4n) is 8.55. The Morgan fingerprint density at radius 2 is 1.76 bits per heavy atom. The van der Waals surface area contributed by atoms with Crippen LogP contribution in [0.25, 0.3) is 6.08 Å². The monoisotopic (exact) mass is 636 g/mol. The summed E-state index contributed by atoms with van der Waals surface area (Å²) in [5.74, 6) is -1.73. The molecule has 4 aliphatic carbocycles. The molecule has 2 aromatic carbocycles. The van der Waals surface area contributed by atoms with E-state index >= 15 is 8.78 Å². The highest BCUT2D eigenvalue weighted by Gasteiger charge is 2.79. The van der Waals surface area contributed by atoms with E-state index in [2.05, 4.69) is 11.8 Å². The van der Waals surface area contributed by atoms with Gasteiger partial charge in [-0.05, 0) is 115 Å². The number of carboxylic acids is 1. The van der Waals surface area contributed by atoms with Gasteiger partial charge in [-0.15, -0.1) is 0 Å². The Bertz CT molecular complexity index is 1740.